The number of anilines is 5. The highest BCUT2D eigenvalue weighted by Crippen LogP contribution is 2.49. The van der Waals surface area contributed by atoms with Crippen LogP contribution >= 0.6 is 0 Å². The lowest BCUT2D eigenvalue weighted by Gasteiger charge is -2.51. The maximum atomic E-state index is 2.71. The average molecular weight is 711 g/mol. The summed E-state index contributed by atoms with van der Waals surface area (Å²) < 4.78 is 0. The normalized spacial score (nSPS) is 18.4. The summed E-state index contributed by atoms with van der Waals surface area (Å²) in [5.41, 5.74) is 16.0. The maximum Gasteiger partial charge on any atom is 0.252 e. The van der Waals surface area contributed by atoms with E-state index in [9.17, 15) is 0 Å². The number of nitrogens with zero attached hydrogens (tertiary/aromatic N) is 2. The van der Waals surface area contributed by atoms with Crippen molar-refractivity contribution >= 4 is 62.3 Å². The van der Waals surface area contributed by atoms with Gasteiger partial charge < -0.3 is 9.80 Å². The molecule has 0 fully saturated rings. The summed E-state index contributed by atoms with van der Waals surface area (Å²) >= 11 is 0. The molecule has 54 heavy (non-hydrogen) atoms. The zero-order chi connectivity index (χ0) is 38.7. The molecule has 3 heteroatoms. The van der Waals surface area contributed by atoms with E-state index in [1.54, 1.807) is 0 Å². The highest BCUT2D eigenvalue weighted by atomic mass is 15.2. The zero-order valence-corrected chi connectivity index (χ0v) is 35.1. The van der Waals surface area contributed by atoms with E-state index in [1.807, 2.05) is 0 Å². The van der Waals surface area contributed by atoms with Crippen molar-refractivity contribution in [3.63, 3.8) is 0 Å². The molecule has 1 atom stereocenters. The highest BCUT2D eigenvalue weighted by molar-refractivity contribution is 7.00. The molecule has 5 aromatic carbocycles. The molecule has 8 rings (SSSR count). The lowest BCUT2D eigenvalue weighted by atomic mass is 9.33. The number of allylic oxidation sites excluding steroid dienone is 2. The first-order chi connectivity index (χ1) is 25.2. The van der Waals surface area contributed by atoms with Crippen molar-refractivity contribution in [2.24, 2.45) is 5.41 Å². The molecule has 5 aromatic rings. The van der Waals surface area contributed by atoms with Gasteiger partial charge in [-0.1, -0.05) is 162 Å². The van der Waals surface area contributed by atoms with Crippen molar-refractivity contribution in [3.05, 3.63) is 131 Å². The van der Waals surface area contributed by atoms with Gasteiger partial charge in [-0.25, -0.2) is 0 Å². The molecule has 0 bridgehead atoms. The maximum absolute atomic E-state index is 2.71. The Morgan fingerprint density at radius 2 is 1.13 bits per heavy atom. The molecule has 0 saturated carbocycles. The van der Waals surface area contributed by atoms with Crippen LogP contribution in [-0.4, -0.2) is 12.3 Å². The minimum Gasteiger partial charge on any atom is -0.333 e. The van der Waals surface area contributed by atoms with Crippen LogP contribution in [0.2, 0.25) is 0 Å². The summed E-state index contributed by atoms with van der Waals surface area (Å²) in [5, 5.41) is 2.56. The van der Waals surface area contributed by atoms with Crippen LogP contribution in [-0.2, 0) is 16.2 Å². The summed E-state index contributed by atoms with van der Waals surface area (Å²) in [6.45, 7) is 30.5. The third-order valence-corrected chi connectivity index (χ3v) is 12.4. The fraction of sp³-hybridized carbons (Fsp3) is 0.373. The van der Waals surface area contributed by atoms with Gasteiger partial charge in [0.05, 0.1) is 11.2 Å². The minimum absolute atomic E-state index is 0.00889. The molecule has 276 valence electrons. The number of rotatable bonds is 2. The predicted molar refractivity (Wildman–Crippen MR) is 238 cm³/mol. The minimum atomic E-state index is -0.263. The summed E-state index contributed by atoms with van der Waals surface area (Å²) in [5.74, 6) is 0. The third-order valence-electron chi connectivity index (χ3n) is 12.4. The Bertz CT molecular complexity index is 2370. The lowest BCUT2D eigenvalue weighted by molar-refractivity contribution is 0.494. The Hall–Kier alpha value is -4.50. The number of hydrogen-bond donors (Lipinski definition) is 0. The van der Waals surface area contributed by atoms with E-state index >= 15 is 0 Å². The topological polar surface area (TPSA) is 6.48 Å². The molecular weight excluding hydrogens is 651 g/mol. The SMILES string of the molecule is CC(C)(C)C1=CCC(C)(N2c3ccc(C(C)(C)C)cc3B3c4cc(C(C)(C)C)ccc4N(c4ccc(C(C)(C)C)cc4)c4c3c2cc2ccccc42)C=C1. The van der Waals surface area contributed by atoms with Crippen molar-refractivity contribution < 1.29 is 0 Å². The van der Waals surface area contributed by atoms with E-state index in [0.717, 1.165) is 6.42 Å². The largest absolute Gasteiger partial charge is 0.333 e. The van der Waals surface area contributed by atoms with E-state index in [2.05, 4.69) is 209 Å². The molecule has 2 nitrogen and oxygen atoms in total. The third kappa shape index (κ3) is 5.85. The lowest BCUT2D eigenvalue weighted by Crippen LogP contribution is -2.64. The fourth-order valence-corrected chi connectivity index (χ4v) is 9.05. The molecule has 1 unspecified atom stereocenters. The van der Waals surface area contributed by atoms with Crippen LogP contribution in [0.4, 0.5) is 28.4 Å². The first kappa shape index (κ1) is 36.5. The van der Waals surface area contributed by atoms with Gasteiger partial charge in [-0.05, 0) is 109 Å². The molecule has 0 N–H and O–H groups in total. The molecule has 0 amide bonds. The summed E-state index contributed by atoms with van der Waals surface area (Å²) in [4.78, 5) is 5.31. The van der Waals surface area contributed by atoms with Crippen LogP contribution in [0.25, 0.3) is 10.8 Å². The quantitative estimate of drug-likeness (QED) is 0.165. The Balaban J connectivity index is 1.50. The van der Waals surface area contributed by atoms with Gasteiger partial charge in [0.1, 0.15) is 0 Å². The van der Waals surface area contributed by atoms with Gasteiger partial charge in [0.2, 0.25) is 0 Å². The Morgan fingerprint density at radius 1 is 0.574 bits per heavy atom. The average Bonchev–Trinajstić information content (AvgIpc) is 3.09. The van der Waals surface area contributed by atoms with Gasteiger partial charge in [-0.2, -0.15) is 0 Å². The van der Waals surface area contributed by atoms with Gasteiger partial charge in [-0.15, -0.1) is 0 Å². The van der Waals surface area contributed by atoms with E-state index in [1.165, 1.54) is 77.9 Å². The van der Waals surface area contributed by atoms with E-state index in [0.29, 0.717) is 0 Å². The molecule has 1 aliphatic carbocycles. The molecule has 0 aromatic heterocycles. The summed E-state index contributed by atoms with van der Waals surface area (Å²) in [6.07, 6.45) is 8.33. The second kappa shape index (κ2) is 12.0. The number of hydrogen-bond acceptors (Lipinski definition) is 2. The monoisotopic (exact) mass is 710 g/mol. The zero-order valence-electron chi connectivity index (χ0n) is 35.1. The van der Waals surface area contributed by atoms with Crippen molar-refractivity contribution in [1.82, 2.24) is 0 Å². The molecule has 0 radical (unpaired) electrons. The molecule has 0 saturated heterocycles. The number of fused-ring (bicyclic) bond motifs is 6. The first-order valence-corrected chi connectivity index (χ1v) is 20.1. The first-order valence-electron chi connectivity index (χ1n) is 20.1. The van der Waals surface area contributed by atoms with Crippen molar-refractivity contribution in [1.29, 1.82) is 0 Å². The van der Waals surface area contributed by atoms with Crippen molar-refractivity contribution in [3.8, 4) is 0 Å². The van der Waals surface area contributed by atoms with Gasteiger partial charge in [0.15, 0.2) is 0 Å². The predicted octanol–water partition coefficient (Wildman–Crippen LogP) is 12.2. The molecule has 3 aliphatic rings. The van der Waals surface area contributed by atoms with E-state index in [-0.39, 0.29) is 33.9 Å². The summed E-state index contributed by atoms with van der Waals surface area (Å²) in [7, 11) is 0. The van der Waals surface area contributed by atoms with Gasteiger partial charge in [0, 0.05) is 28.1 Å². The summed E-state index contributed by atoms with van der Waals surface area (Å²) in [6, 6.07) is 35.7. The van der Waals surface area contributed by atoms with Crippen LogP contribution in [0.3, 0.4) is 0 Å². The Kier molecular flexibility index (Phi) is 8.11. The van der Waals surface area contributed by atoms with Crippen LogP contribution in [0.1, 0.15) is 113 Å². The van der Waals surface area contributed by atoms with E-state index < -0.39 is 0 Å². The van der Waals surface area contributed by atoms with Crippen molar-refractivity contribution in [2.75, 3.05) is 9.80 Å². The number of benzene rings is 5. The van der Waals surface area contributed by atoms with Gasteiger partial charge in [0.25, 0.3) is 6.71 Å². The molecule has 2 heterocycles. The van der Waals surface area contributed by atoms with Gasteiger partial charge in [-0.3, -0.25) is 0 Å². The van der Waals surface area contributed by atoms with Crippen LogP contribution in [0.15, 0.2) is 115 Å². The molecule has 0 spiro atoms. The Morgan fingerprint density at radius 3 is 1.69 bits per heavy atom. The highest BCUT2D eigenvalue weighted by Gasteiger charge is 2.48. The molecule has 2 aliphatic heterocycles. The second-order valence-electron chi connectivity index (χ2n) is 20.6. The Labute approximate surface area is 326 Å². The van der Waals surface area contributed by atoms with Crippen LogP contribution in [0.5, 0.6) is 0 Å². The van der Waals surface area contributed by atoms with Gasteiger partial charge >= 0.3 is 0 Å². The second-order valence-corrected chi connectivity index (χ2v) is 20.6. The van der Waals surface area contributed by atoms with Crippen molar-refractivity contribution in [2.45, 2.75) is 118 Å². The van der Waals surface area contributed by atoms with Crippen LogP contribution < -0.4 is 26.2 Å². The standard InChI is InChI=1S/C51H59BN2/c1-47(2,3)34-18-22-38(23-19-34)53-42-24-20-36(49(7,8)9)31-40(42)52-41-32-37(50(10,11)12)21-25-43(41)54(51(13)28-26-35(27-29-51)48(4,5)6)44-30-33-16-14-15-17-39(33)46(53)45(44)52/h14-28,30-32H,29H2,1-13H3. The molecular formula is C51H59BN2. The smallest absolute Gasteiger partial charge is 0.252 e. The fourth-order valence-electron chi connectivity index (χ4n) is 9.05. The van der Waals surface area contributed by atoms with E-state index in [4.69, 9.17) is 0 Å². The van der Waals surface area contributed by atoms with Crippen LogP contribution in [0, 0.1) is 5.41 Å².